The molecule has 1 aromatic rings. The smallest absolute Gasteiger partial charge is 0.333 e. The van der Waals surface area contributed by atoms with E-state index in [1.54, 1.807) is 32.0 Å². The minimum atomic E-state index is -1.11. The van der Waals surface area contributed by atoms with Gasteiger partial charge in [-0.3, -0.25) is 4.79 Å². The van der Waals surface area contributed by atoms with Gasteiger partial charge in [0.05, 0.1) is 12.7 Å². The number of nitrogens with one attached hydrogen (secondary N) is 1. The number of hydrogen-bond acceptors (Lipinski definition) is 8. The van der Waals surface area contributed by atoms with E-state index < -0.39 is 23.8 Å². The van der Waals surface area contributed by atoms with Gasteiger partial charge in [-0.2, -0.15) is 5.26 Å². The zero-order chi connectivity index (χ0) is 30.5. The summed E-state index contributed by atoms with van der Waals surface area (Å²) < 4.78 is 4.58. The molecule has 0 saturated carbocycles. The Balaban J connectivity index is 0. The molecule has 0 heterocycles. The van der Waals surface area contributed by atoms with Crippen molar-refractivity contribution in [2.24, 2.45) is 5.92 Å². The van der Waals surface area contributed by atoms with Crippen molar-refractivity contribution in [1.82, 2.24) is 0 Å². The molecule has 1 rings (SSSR count). The molecule has 0 bridgehead atoms. The maximum absolute atomic E-state index is 11.1. The van der Waals surface area contributed by atoms with Gasteiger partial charge in [0.25, 0.3) is 5.91 Å². The lowest BCUT2D eigenvalue weighted by atomic mass is 10.0. The number of benzene rings is 1. The van der Waals surface area contributed by atoms with Crippen LogP contribution >= 0.6 is 0 Å². The molecule has 5 N–H and O–H groups in total. The lowest BCUT2D eigenvalue weighted by Gasteiger charge is -2.05. The first-order chi connectivity index (χ1) is 18.2. The number of esters is 1. The van der Waals surface area contributed by atoms with E-state index in [2.05, 4.69) is 29.8 Å². The fourth-order valence-corrected chi connectivity index (χ4v) is 2.10. The van der Waals surface area contributed by atoms with Gasteiger partial charge in [0.15, 0.2) is 0 Å². The van der Waals surface area contributed by atoms with Gasteiger partial charge < -0.3 is 30.5 Å². The summed E-state index contributed by atoms with van der Waals surface area (Å²) in [6, 6.07) is 8.05. The average Bonchev–Trinajstić information content (AvgIpc) is 2.88. The molecule has 0 aliphatic rings. The Morgan fingerprint density at radius 3 is 2.08 bits per heavy atom. The summed E-state index contributed by atoms with van der Waals surface area (Å²) in [6.07, 6.45) is 4.43. The number of aromatic hydroxyl groups is 1. The van der Waals surface area contributed by atoms with E-state index in [1.165, 1.54) is 37.3 Å². The summed E-state index contributed by atoms with van der Waals surface area (Å²) in [5.74, 6) is -3.21. The molecule has 0 aromatic heterocycles. The molecule has 0 fully saturated rings. The van der Waals surface area contributed by atoms with Gasteiger partial charge in [-0.25, -0.2) is 14.4 Å². The Bertz CT molecular complexity index is 1140. The molecule has 0 aliphatic heterocycles. The highest BCUT2D eigenvalue weighted by atomic mass is 16.5. The van der Waals surface area contributed by atoms with Gasteiger partial charge in [-0.05, 0) is 44.5 Å². The second kappa shape index (κ2) is 20.1. The van der Waals surface area contributed by atoms with Crippen LogP contribution in [0.2, 0.25) is 0 Å². The zero-order valence-electron chi connectivity index (χ0n) is 22.1. The van der Waals surface area contributed by atoms with Crippen molar-refractivity contribution < 1.29 is 44.3 Å². The van der Waals surface area contributed by atoms with Crippen molar-refractivity contribution in [3.05, 3.63) is 84.5 Å². The number of aliphatic hydroxyl groups is 1. The summed E-state index contributed by atoms with van der Waals surface area (Å²) in [6.45, 7) is 14.7. The number of anilines is 1. The predicted octanol–water partition coefficient (Wildman–Crippen LogP) is 3.75. The topological polar surface area (TPSA) is 194 Å². The molecule has 11 heteroatoms. The molecule has 210 valence electrons. The normalized spacial score (nSPS) is 10.8. The number of carboxylic acid groups (broad SMARTS) is 2. The number of aliphatic hydroxyl groups excluding tert-OH is 1. The lowest BCUT2D eigenvalue weighted by molar-refractivity contribution is -0.140. The number of rotatable bonds is 11. The number of ether oxygens (including phenoxy) is 1. The van der Waals surface area contributed by atoms with Crippen LogP contribution < -0.4 is 5.32 Å². The third kappa shape index (κ3) is 18.0. The third-order valence-corrected chi connectivity index (χ3v) is 4.34. The monoisotopic (exact) mass is 542 g/mol. The van der Waals surface area contributed by atoms with E-state index >= 15 is 0 Å². The molecule has 39 heavy (non-hydrogen) atoms. The summed E-state index contributed by atoms with van der Waals surface area (Å²) >= 11 is 0. The second-order valence-corrected chi connectivity index (χ2v) is 7.75. The Labute approximate surface area is 227 Å². The van der Waals surface area contributed by atoms with E-state index in [9.17, 15) is 19.2 Å². The van der Waals surface area contributed by atoms with Crippen molar-refractivity contribution >= 4 is 29.5 Å². The number of allylic oxidation sites excluding steroid dienone is 3. The first kappa shape index (κ1) is 36.2. The zero-order valence-corrected chi connectivity index (χ0v) is 22.1. The Hall–Kier alpha value is -4.95. The lowest BCUT2D eigenvalue weighted by Crippen LogP contribution is -2.11. The standard InChI is InChI=1S/C10H11NO2.C9H11NO3.C9H12O4/c1-7(2)10(13)11-8-3-5-9(12)6-4-8;1-8(4-2-3-5-10)9(12)13-7-6-11;1-5(7(3)9(12)13)4-6(2)8(10)11/h3-6,12H,1H2,2H3,(H,11,13);2-3,11H,1,4,6-7H2;4-5H,3H2,1-2H3,(H,10,11)(H,12,13). The number of aliphatic carboxylic acids is 2. The molecule has 0 aliphatic carbocycles. The Morgan fingerprint density at radius 1 is 1.08 bits per heavy atom. The molecule has 1 aromatic carbocycles. The van der Waals surface area contributed by atoms with Crippen LogP contribution in [0, 0.1) is 17.2 Å². The van der Waals surface area contributed by atoms with Crippen molar-refractivity contribution in [3.8, 4) is 11.8 Å². The highest BCUT2D eigenvalue weighted by Gasteiger charge is 2.12. The maximum atomic E-state index is 11.1. The van der Waals surface area contributed by atoms with Gasteiger partial charge in [0.2, 0.25) is 0 Å². The van der Waals surface area contributed by atoms with Crippen LogP contribution in [-0.2, 0) is 23.9 Å². The van der Waals surface area contributed by atoms with Gasteiger partial charge >= 0.3 is 17.9 Å². The minimum absolute atomic E-state index is 0.0133. The van der Waals surface area contributed by atoms with Gasteiger partial charge in [-0.1, -0.05) is 38.8 Å². The van der Waals surface area contributed by atoms with E-state index in [-0.39, 0.29) is 48.0 Å². The number of carboxylic acids is 2. The summed E-state index contributed by atoms with van der Waals surface area (Å²) in [7, 11) is 0. The second-order valence-electron chi connectivity index (χ2n) is 7.75. The number of carbonyl (C=O) groups is 4. The van der Waals surface area contributed by atoms with Crippen LogP contribution in [0.5, 0.6) is 5.75 Å². The average molecular weight is 543 g/mol. The van der Waals surface area contributed by atoms with Crippen LogP contribution in [0.3, 0.4) is 0 Å². The van der Waals surface area contributed by atoms with E-state index in [1.807, 2.05) is 0 Å². The number of amides is 1. The largest absolute Gasteiger partial charge is 0.508 e. The number of phenols is 1. The molecule has 1 unspecified atom stereocenters. The quantitative estimate of drug-likeness (QED) is 0.119. The van der Waals surface area contributed by atoms with Crippen LogP contribution in [0.15, 0.2) is 84.5 Å². The van der Waals surface area contributed by atoms with Crippen LogP contribution in [0.1, 0.15) is 27.2 Å². The molecular formula is C28H34N2O9. The molecule has 0 radical (unpaired) electrons. The van der Waals surface area contributed by atoms with Crippen molar-refractivity contribution in [1.29, 1.82) is 5.26 Å². The predicted molar refractivity (Wildman–Crippen MR) is 145 cm³/mol. The Morgan fingerprint density at radius 2 is 1.64 bits per heavy atom. The summed E-state index contributed by atoms with van der Waals surface area (Å²) in [4.78, 5) is 42.9. The van der Waals surface area contributed by atoms with Crippen molar-refractivity contribution in [2.45, 2.75) is 27.2 Å². The van der Waals surface area contributed by atoms with Gasteiger partial charge in [0.1, 0.15) is 12.4 Å². The number of nitrogens with zero attached hydrogens (tertiary/aromatic N) is 1. The molecule has 0 saturated heterocycles. The maximum Gasteiger partial charge on any atom is 0.333 e. The minimum Gasteiger partial charge on any atom is -0.508 e. The first-order valence-corrected chi connectivity index (χ1v) is 11.3. The molecule has 0 spiro atoms. The molecule has 1 amide bonds. The van der Waals surface area contributed by atoms with E-state index in [0.717, 1.165) is 0 Å². The third-order valence-electron chi connectivity index (χ3n) is 4.34. The molecule has 11 nitrogen and oxygen atoms in total. The number of nitriles is 1. The molecular weight excluding hydrogens is 508 g/mol. The van der Waals surface area contributed by atoms with Gasteiger partial charge in [-0.15, -0.1) is 0 Å². The van der Waals surface area contributed by atoms with E-state index in [4.69, 9.17) is 25.7 Å². The SMILES string of the molecule is C=C(C(=O)O)C(C)C=C(C)C(=O)O.C=C(C)C(=O)Nc1ccc(O)cc1.C=C(CC=CC#N)C(=O)OCCO. The summed E-state index contributed by atoms with van der Waals surface area (Å²) in [5, 5.41) is 45.1. The number of phenolic OH excluding ortho intramolecular Hbond substituents is 1. The Kier molecular flexibility index (Phi) is 18.7. The summed E-state index contributed by atoms with van der Waals surface area (Å²) in [5.41, 5.74) is 1.47. The van der Waals surface area contributed by atoms with Gasteiger partial charge in [0, 0.05) is 40.0 Å². The highest BCUT2D eigenvalue weighted by Crippen LogP contribution is 2.14. The van der Waals surface area contributed by atoms with Crippen LogP contribution in [-0.4, -0.2) is 57.5 Å². The fourth-order valence-electron chi connectivity index (χ4n) is 2.10. The highest BCUT2D eigenvalue weighted by molar-refractivity contribution is 6.02. The number of hydrogen-bond donors (Lipinski definition) is 5. The van der Waals surface area contributed by atoms with E-state index in [0.29, 0.717) is 11.3 Å². The van der Waals surface area contributed by atoms with Crippen molar-refractivity contribution in [3.63, 3.8) is 0 Å². The first-order valence-electron chi connectivity index (χ1n) is 11.3. The van der Waals surface area contributed by atoms with Crippen LogP contribution in [0.4, 0.5) is 5.69 Å². The van der Waals surface area contributed by atoms with Crippen molar-refractivity contribution in [2.75, 3.05) is 18.5 Å². The number of carbonyl (C=O) groups excluding carboxylic acids is 2. The molecule has 1 atom stereocenters. The fraction of sp³-hybridized carbons (Fsp3) is 0.250. The van der Waals surface area contributed by atoms with Crippen LogP contribution in [0.25, 0.3) is 0 Å².